The van der Waals surface area contributed by atoms with E-state index in [0.717, 1.165) is 44.9 Å². The number of carbonyl (C=O) groups is 4. The number of aliphatic carboxylic acids is 1. The van der Waals surface area contributed by atoms with Gasteiger partial charge in [0.25, 0.3) is 0 Å². The number of azide groups is 1. The van der Waals surface area contributed by atoms with Crippen molar-refractivity contribution in [1.82, 2.24) is 10.6 Å². The fourth-order valence-corrected chi connectivity index (χ4v) is 6.65. The number of nitrogens with one attached hydrogen (secondary N) is 2. The normalized spacial score (nSPS) is 11.9. The van der Waals surface area contributed by atoms with Crippen LogP contribution >= 0.6 is 0 Å². The maximum atomic E-state index is 12.9. The van der Waals surface area contributed by atoms with Crippen molar-refractivity contribution in [3.8, 4) is 0 Å². The Balaban J connectivity index is 3.64. The van der Waals surface area contributed by atoms with Gasteiger partial charge in [-0.3, -0.25) is 14.4 Å². The summed E-state index contributed by atoms with van der Waals surface area (Å²) < 4.78 is 65.6. The minimum Gasteiger partial charge on any atom is -0.481 e. The lowest BCUT2D eigenvalue weighted by Crippen LogP contribution is -2.44. The van der Waals surface area contributed by atoms with Crippen LogP contribution in [0.25, 0.3) is 10.4 Å². The number of nitrogens with zero attached hydrogens (tertiary/aromatic N) is 3. The highest BCUT2D eigenvalue weighted by Crippen LogP contribution is 2.15. The molecule has 0 aliphatic carbocycles. The Labute approximate surface area is 436 Å². The lowest BCUT2D eigenvalue weighted by atomic mass is 10.0. The number of ether oxygens (including phenoxy) is 12. The first-order valence-corrected chi connectivity index (χ1v) is 26.9. The molecule has 0 aromatic rings. The standard InChI is InChI=1S/C51H97N5O17/c1-51(2,3)73-50(61)46(55-48(58)18-16-14-12-10-8-6-4-5-7-9-11-13-15-17-19-49(59)60)20-21-47(57)53-22-24-62-26-28-64-30-32-66-34-36-68-38-40-70-42-44-72-45-43-71-41-39-69-37-35-67-33-31-65-29-27-63-25-23-54-56-52/h46H,4-45H2,1-3H3,(H,53,57)(H,55,58)(H,59,60)/t46-/m0/s1. The fourth-order valence-electron chi connectivity index (χ4n) is 6.65. The van der Waals surface area contributed by atoms with Crippen LogP contribution in [0.2, 0.25) is 0 Å². The molecule has 0 bridgehead atoms. The van der Waals surface area contributed by atoms with Gasteiger partial charge in [0.15, 0.2) is 0 Å². The fraction of sp³-hybridized carbons (Fsp3) is 0.922. The molecule has 0 radical (unpaired) electrons. The molecule has 1 atom stereocenters. The lowest BCUT2D eigenvalue weighted by Gasteiger charge is -2.24. The van der Waals surface area contributed by atoms with Gasteiger partial charge in [-0.15, -0.1) is 0 Å². The second-order valence-corrected chi connectivity index (χ2v) is 18.1. The first kappa shape index (κ1) is 69.8. The topological polar surface area (TPSA) is 272 Å². The summed E-state index contributed by atoms with van der Waals surface area (Å²) in [6.45, 7) is 15.6. The van der Waals surface area contributed by atoms with Crippen LogP contribution in [0.5, 0.6) is 0 Å². The van der Waals surface area contributed by atoms with Gasteiger partial charge < -0.3 is 72.6 Å². The monoisotopic (exact) mass is 1050 g/mol. The zero-order valence-corrected chi connectivity index (χ0v) is 45.1. The van der Waals surface area contributed by atoms with E-state index in [0.29, 0.717) is 165 Å². The van der Waals surface area contributed by atoms with Crippen LogP contribution in [0.1, 0.15) is 136 Å². The van der Waals surface area contributed by atoms with E-state index in [4.69, 9.17) is 67.5 Å². The van der Waals surface area contributed by atoms with Gasteiger partial charge in [0.05, 0.1) is 145 Å². The minimum atomic E-state index is -0.910. The molecule has 22 nitrogen and oxygen atoms in total. The van der Waals surface area contributed by atoms with Crippen molar-refractivity contribution in [2.45, 2.75) is 148 Å². The number of carbonyl (C=O) groups excluding carboxylic acids is 3. The van der Waals surface area contributed by atoms with Gasteiger partial charge in [0, 0.05) is 37.3 Å². The molecule has 0 heterocycles. The molecule has 0 aromatic carbocycles. The molecule has 0 saturated carbocycles. The van der Waals surface area contributed by atoms with E-state index < -0.39 is 23.6 Å². The largest absolute Gasteiger partial charge is 0.481 e. The number of amides is 2. The van der Waals surface area contributed by atoms with Crippen LogP contribution in [-0.4, -0.2) is 199 Å². The van der Waals surface area contributed by atoms with Gasteiger partial charge >= 0.3 is 11.9 Å². The summed E-state index contributed by atoms with van der Waals surface area (Å²) in [6, 6.07) is -0.910. The summed E-state index contributed by atoms with van der Waals surface area (Å²) in [5.41, 5.74) is 7.44. The van der Waals surface area contributed by atoms with E-state index >= 15 is 0 Å². The second kappa shape index (κ2) is 55.0. The van der Waals surface area contributed by atoms with E-state index in [1.54, 1.807) is 20.8 Å². The number of hydrogen-bond acceptors (Lipinski definition) is 17. The maximum absolute atomic E-state index is 12.9. The Morgan fingerprint density at radius 2 is 0.767 bits per heavy atom. The Bertz CT molecular complexity index is 1330. The minimum absolute atomic E-state index is 0.0492. The number of hydrogen-bond donors (Lipinski definition) is 3. The zero-order valence-electron chi connectivity index (χ0n) is 45.1. The molecule has 428 valence electrons. The molecule has 0 aliphatic heterocycles. The van der Waals surface area contributed by atoms with Gasteiger partial charge in [-0.1, -0.05) is 82.2 Å². The molecule has 0 fully saturated rings. The molecule has 0 aromatic heterocycles. The SMILES string of the molecule is CC(C)(C)OC(=O)[C@H](CCC(=O)NCCOCCOCCOCCOCCOCCOCCOCCOCCOCCOCCOCCN=[N+]=[N-])NC(=O)CCCCCCCCCCCCCCCCC(=O)O. The maximum Gasteiger partial charge on any atom is 0.329 e. The van der Waals surface area contributed by atoms with Crippen LogP contribution in [0.15, 0.2) is 5.11 Å². The smallest absolute Gasteiger partial charge is 0.329 e. The Hall–Kier alpha value is -3.25. The Kier molecular flexibility index (Phi) is 52.5. The predicted octanol–water partition coefficient (Wildman–Crippen LogP) is 6.53. The van der Waals surface area contributed by atoms with Gasteiger partial charge in [-0.2, -0.15) is 0 Å². The average molecular weight is 1050 g/mol. The van der Waals surface area contributed by atoms with Crippen molar-refractivity contribution < 1.29 is 81.1 Å². The molecule has 0 spiro atoms. The number of carboxylic acids is 1. The van der Waals surface area contributed by atoms with Crippen molar-refractivity contribution >= 4 is 23.8 Å². The number of esters is 1. The number of rotatable bonds is 58. The molecule has 0 rings (SSSR count). The highest BCUT2D eigenvalue weighted by Gasteiger charge is 2.27. The van der Waals surface area contributed by atoms with E-state index in [9.17, 15) is 19.2 Å². The Morgan fingerprint density at radius 3 is 1.10 bits per heavy atom. The third-order valence-corrected chi connectivity index (χ3v) is 10.4. The van der Waals surface area contributed by atoms with Crippen molar-refractivity contribution in [1.29, 1.82) is 0 Å². The highest BCUT2D eigenvalue weighted by molar-refractivity contribution is 5.85. The van der Waals surface area contributed by atoms with Crippen molar-refractivity contribution in [2.75, 3.05) is 158 Å². The van der Waals surface area contributed by atoms with Gasteiger partial charge in [0.1, 0.15) is 11.6 Å². The quantitative estimate of drug-likeness (QED) is 0.0192. The summed E-state index contributed by atoms with van der Waals surface area (Å²) in [7, 11) is 0. The van der Waals surface area contributed by atoms with Crippen LogP contribution in [0.4, 0.5) is 0 Å². The van der Waals surface area contributed by atoms with E-state index in [1.807, 2.05) is 0 Å². The van der Waals surface area contributed by atoms with Crippen LogP contribution in [-0.2, 0) is 76.0 Å². The van der Waals surface area contributed by atoms with Crippen molar-refractivity contribution in [3.63, 3.8) is 0 Å². The molecular formula is C51H97N5O17. The molecule has 73 heavy (non-hydrogen) atoms. The lowest BCUT2D eigenvalue weighted by molar-refractivity contribution is -0.159. The third-order valence-electron chi connectivity index (χ3n) is 10.4. The highest BCUT2D eigenvalue weighted by atomic mass is 16.6. The van der Waals surface area contributed by atoms with Crippen LogP contribution in [0.3, 0.4) is 0 Å². The summed E-state index contributed by atoms with van der Waals surface area (Å²) in [5.74, 6) is -1.72. The van der Waals surface area contributed by atoms with Crippen molar-refractivity contribution in [2.24, 2.45) is 5.11 Å². The van der Waals surface area contributed by atoms with Gasteiger partial charge in [-0.05, 0) is 45.6 Å². The summed E-state index contributed by atoms with van der Waals surface area (Å²) >= 11 is 0. The molecule has 22 heteroatoms. The molecule has 3 N–H and O–H groups in total. The summed E-state index contributed by atoms with van der Waals surface area (Å²) in [6.07, 6.45) is 16.1. The first-order valence-electron chi connectivity index (χ1n) is 26.9. The molecular weight excluding hydrogens is 955 g/mol. The van der Waals surface area contributed by atoms with Gasteiger partial charge in [0.2, 0.25) is 11.8 Å². The van der Waals surface area contributed by atoms with Crippen molar-refractivity contribution in [3.05, 3.63) is 10.4 Å². The van der Waals surface area contributed by atoms with E-state index in [2.05, 4.69) is 20.7 Å². The van der Waals surface area contributed by atoms with Crippen LogP contribution < -0.4 is 10.6 Å². The third kappa shape index (κ3) is 57.9. The van der Waals surface area contributed by atoms with E-state index in [1.165, 1.54) is 44.9 Å². The summed E-state index contributed by atoms with van der Waals surface area (Å²) in [5, 5.41) is 17.7. The zero-order chi connectivity index (χ0) is 53.4. The van der Waals surface area contributed by atoms with Crippen LogP contribution in [0, 0.1) is 0 Å². The second-order valence-electron chi connectivity index (χ2n) is 18.1. The molecule has 2 amide bonds. The molecule has 0 saturated heterocycles. The number of unbranched alkanes of at least 4 members (excludes halogenated alkanes) is 13. The van der Waals surface area contributed by atoms with Gasteiger partial charge in [-0.25, -0.2) is 4.79 Å². The number of carboxylic acid groups (broad SMARTS) is 1. The first-order chi connectivity index (χ1) is 35.5. The molecule has 0 aliphatic rings. The Morgan fingerprint density at radius 1 is 0.452 bits per heavy atom. The van der Waals surface area contributed by atoms with E-state index in [-0.39, 0.29) is 31.1 Å². The molecule has 0 unspecified atom stereocenters. The summed E-state index contributed by atoms with van der Waals surface area (Å²) in [4.78, 5) is 51.4. The average Bonchev–Trinajstić information content (AvgIpc) is 3.35. The predicted molar refractivity (Wildman–Crippen MR) is 275 cm³/mol.